The molecule has 0 heterocycles. The van der Waals surface area contributed by atoms with Crippen molar-refractivity contribution in [1.82, 2.24) is 4.90 Å². The second kappa shape index (κ2) is 4.21. The maximum Gasteiger partial charge on any atom is 0.210 e. The van der Waals surface area contributed by atoms with E-state index in [1.165, 1.54) is 0 Å². The molecule has 0 radical (unpaired) electrons. The van der Waals surface area contributed by atoms with Gasteiger partial charge in [-0.2, -0.15) is 0 Å². The molecule has 0 saturated heterocycles. The predicted octanol–water partition coefficient (Wildman–Crippen LogP) is 3.04. The lowest BCUT2D eigenvalue weighted by Gasteiger charge is -2.13. The van der Waals surface area contributed by atoms with Crippen molar-refractivity contribution in [3.63, 3.8) is 0 Å². The Hall–Kier alpha value is -1.83. The summed E-state index contributed by atoms with van der Waals surface area (Å²) in [6.07, 6.45) is 3.99. The van der Waals surface area contributed by atoms with Gasteiger partial charge in [-0.25, -0.2) is 0 Å². The first kappa shape index (κ1) is 11.6. The Morgan fingerprint density at radius 3 is 2.53 bits per heavy atom. The summed E-state index contributed by atoms with van der Waals surface area (Å²) in [5.41, 5.74) is 4.76. The molecule has 0 spiro atoms. The number of hydrogen-bond acceptors (Lipinski definition) is 2. The van der Waals surface area contributed by atoms with Crippen LogP contribution in [0, 0.1) is 6.92 Å². The van der Waals surface area contributed by atoms with Crippen molar-refractivity contribution in [3.8, 4) is 0 Å². The van der Waals surface area contributed by atoms with Crippen molar-refractivity contribution >= 4 is 11.4 Å². The Balaban J connectivity index is 2.73. The molecule has 0 bridgehead atoms. The highest BCUT2D eigenvalue weighted by Gasteiger charge is 2.30. The number of hydrogen-bond donors (Lipinski definition) is 0. The maximum absolute atomic E-state index is 12.4. The minimum atomic E-state index is 0.135. The first-order chi connectivity index (χ1) is 8.07. The zero-order chi connectivity index (χ0) is 12.6. The molecule has 2 rings (SSSR count). The quantitative estimate of drug-likeness (QED) is 0.774. The van der Waals surface area contributed by atoms with Crippen LogP contribution < -0.4 is 0 Å². The molecule has 88 valence electrons. The van der Waals surface area contributed by atoms with Crippen LogP contribution in [-0.2, 0) is 0 Å². The third-order valence-electron chi connectivity index (χ3n) is 3.04. The molecule has 0 aromatic heterocycles. The molecule has 1 aromatic carbocycles. The molecule has 2 heteroatoms. The summed E-state index contributed by atoms with van der Waals surface area (Å²) in [5, 5.41) is 0. The second-order valence-corrected chi connectivity index (χ2v) is 4.48. The zero-order valence-corrected chi connectivity index (χ0v) is 10.7. The van der Waals surface area contributed by atoms with Gasteiger partial charge in [0.2, 0.25) is 5.78 Å². The summed E-state index contributed by atoms with van der Waals surface area (Å²) in [6.45, 7) is 3.96. The normalized spacial score (nSPS) is 14.7. The summed E-state index contributed by atoms with van der Waals surface area (Å²) in [7, 11) is 3.83. The average molecular weight is 227 g/mol. The van der Waals surface area contributed by atoms with Gasteiger partial charge in [0.15, 0.2) is 0 Å². The number of aryl methyl sites for hydroxylation is 1. The van der Waals surface area contributed by atoms with E-state index in [1.54, 1.807) is 0 Å². The monoisotopic (exact) mass is 227 g/mol. The molecule has 2 nitrogen and oxygen atoms in total. The van der Waals surface area contributed by atoms with E-state index in [0.717, 1.165) is 28.0 Å². The SMILES string of the molecule is C/C=C\C1=C(N(C)C)C(=O)c2c(C)cccc21. The van der Waals surface area contributed by atoms with Crippen molar-refractivity contribution in [2.75, 3.05) is 14.1 Å². The van der Waals surface area contributed by atoms with Gasteiger partial charge < -0.3 is 4.90 Å². The van der Waals surface area contributed by atoms with Gasteiger partial charge in [-0.05, 0) is 25.0 Å². The van der Waals surface area contributed by atoms with E-state index in [1.807, 2.05) is 63.2 Å². The molecule has 0 saturated carbocycles. The standard InChI is InChI=1S/C15H17NO/c1-5-7-12-11-9-6-8-10(2)13(11)15(17)14(12)16(3)4/h5-9H,1-4H3/b7-5-. The highest BCUT2D eigenvalue weighted by molar-refractivity contribution is 6.22. The Kier molecular flexibility index (Phi) is 2.88. The van der Waals surface area contributed by atoms with Gasteiger partial charge in [-0.1, -0.05) is 30.4 Å². The van der Waals surface area contributed by atoms with Gasteiger partial charge in [0.1, 0.15) is 0 Å². The van der Waals surface area contributed by atoms with Crippen molar-refractivity contribution in [2.24, 2.45) is 0 Å². The zero-order valence-electron chi connectivity index (χ0n) is 10.7. The van der Waals surface area contributed by atoms with E-state index in [0.29, 0.717) is 0 Å². The highest BCUT2D eigenvalue weighted by Crippen LogP contribution is 2.36. The Morgan fingerprint density at radius 1 is 1.24 bits per heavy atom. The van der Waals surface area contributed by atoms with Gasteiger partial charge >= 0.3 is 0 Å². The van der Waals surface area contributed by atoms with Crippen LogP contribution in [0.2, 0.25) is 0 Å². The van der Waals surface area contributed by atoms with Gasteiger partial charge in [-0.15, -0.1) is 0 Å². The first-order valence-electron chi connectivity index (χ1n) is 5.77. The van der Waals surface area contributed by atoms with Crippen molar-refractivity contribution < 1.29 is 4.79 Å². The van der Waals surface area contributed by atoms with Gasteiger partial charge in [0.05, 0.1) is 5.70 Å². The lowest BCUT2D eigenvalue weighted by Crippen LogP contribution is -2.17. The number of rotatable bonds is 2. The van der Waals surface area contributed by atoms with E-state index in [4.69, 9.17) is 0 Å². The molecule has 0 atom stereocenters. The van der Waals surface area contributed by atoms with E-state index >= 15 is 0 Å². The summed E-state index contributed by atoms with van der Waals surface area (Å²) < 4.78 is 0. The molecular weight excluding hydrogens is 210 g/mol. The van der Waals surface area contributed by atoms with E-state index in [2.05, 4.69) is 0 Å². The minimum absolute atomic E-state index is 0.135. The summed E-state index contributed by atoms with van der Waals surface area (Å²) >= 11 is 0. The van der Waals surface area contributed by atoms with Crippen LogP contribution in [0.3, 0.4) is 0 Å². The molecule has 0 unspecified atom stereocenters. The lowest BCUT2D eigenvalue weighted by molar-refractivity contribution is 0.101. The lowest BCUT2D eigenvalue weighted by atomic mass is 10.0. The Morgan fingerprint density at radius 2 is 1.94 bits per heavy atom. The second-order valence-electron chi connectivity index (χ2n) is 4.48. The van der Waals surface area contributed by atoms with Gasteiger partial charge in [0.25, 0.3) is 0 Å². The Labute approximate surface area is 102 Å². The van der Waals surface area contributed by atoms with Crippen LogP contribution in [0.4, 0.5) is 0 Å². The third-order valence-corrected chi connectivity index (χ3v) is 3.04. The molecule has 0 amide bonds. The number of likely N-dealkylation sites (N-methyl/N-ethyl adjacent to an activating group) is 1. The van der Waals surface area contributed by atoms with Crippen LogP contribution in [0.1, 0.15) is 28.4 Å². The molecule has 17 heavy (non-hydrogen) atoms. The van der Waals surface area contributed by atoms with E-state index in [-0.39, 0.29) is 5.78 Å². The average Bonchev–Trinajstić information content (AvgIpc) is 2.54. The number of benzene rings is 1. The van der Waals surface area contributed by atoms with Crippen LogP contribution in [-0.4, -0.2) is 24.8 Å². The molecule has 1 aromatic rings. The molecular formula is C15H17NO. The topological polar surface area (TPSA) is 20.3 Å². The number of carbonyl (C=O) groups excluding carboxylic acids is 1. The number of Topliss-reactive ketones (excluding diaryl/α,β-unsaturated/α-hetero) is 1. The fourth-order valence-corrected chi connectivity index (χ4v) is 2.34. The molecule has 0 aliphatic heterocycles. The summed E-state index contributed by atoms with van der Waals surface area (Å²) in [5.74, 6) is 0.135. The minimum Gasteiger partial charge on any atom is -0.374 e. The predicted molar refractivity (Wildman–Crippen MR) is 70.9 cm³/mol. The fraction of sp³-hybridized carbons (Fsp3) is 0.267. The first-order valence-corrected chi connectivity index (χ1v) is 5.77. The number of carbonyl (C=O) groups is 1. The van der Waals surface area contributed by atoms with Gasteiger partial charge in [-0.3, -0.25) is 4.79 Å². The van der Waals surface area contributed by atoms with Crippen LogP contribution in [0.15, 0.2) is 36.0 Å². The van der Waals surface area contributed by atoms with Crippen molar-refractivity contribution in [3.05, 3.63) is 52.7 Å². The largest absolute Gasteiger partial charge is 0.374 e. The third kappa shape index (κ3) is 1.70. The van der Waals surface area contributed by atoms with Crippen LogP contribution in [0.25, 0.3) is 5.57 Å². The van der Waals surface area contributed by atoms with Crippen LogP contribution >= 0.6 is 0 Å². The smallest absolute Gasteiger partial charge is 0.210 e. The highest BCUT2D eigenvalue weighted by atomic mass is 16.1. The summed E-state index contributed by atoms with van der Waals surface area (Å²) in [6, 6.07) is 6.01. The number of nitrogens with zero attached hydrogens (tertiary/aromatic N) is 1. The Bertz CT molecular complexity index is 536. The molecule has 0 N–H and O–H groups in total. The number of allylic oxidation sites excluding steroid dienone is 4. The van der Waals surface area contributed by atoms with Crippen molar-refractivity contribution in [2.45, 2.75) is 13.8 Å². The number of ketones is 1. The van der Waals surface area contributed by atoms with Crippen LogP contribution in [0.5, 0.6) is 0 Å². The maximum atomic E-state index is 12.4. The van der Waals surface area contributed by atoms with E-state index in [9.17, 15) is 4.79 Å². The summed E-state index contributed by atoms with van der Waals surface area (Å²) in [4.78, 5) is 14.3. The van der Waals surface area contributed by atoms with Crippen molar-refractivity contribution in [1.29, 1.82) is 0 Å². The van der Waals surface area contributed by atoms with E-state index < -0.39 is 0 Å². The molecule has 1 aliphatic rings. The molecule has 0 fully saturated rings. The van der Waals surface area contributed by atoms with Gasteiger partial charge in [0, 0.05) is 25.2 Å². The number of fused-ring (bicyclic) bond motifs is 1. The molecule has 1 aliphatic carbocycles. The fourth-order valence-electron chi connectivity index (χ4n) is 2.34.